The van der Waals surface area contributed by atoms with Crippen molar-refractivity contribution >= 4 is 7.60 Å². The van der Waals surface area contributed by atoms with E-state index in [0.717, 1.165) is 0 Å². The van der Waals surface area contributed by atoms with Gasteiger partial charge in [-0.25, -0.2) is 0 Å². The molecule has 0 bridgehead atoms. The van der Waals surface area contributed by atoms with Crippen molar-refractivity contribution in [3.8, 4) is 0 Å². The van der Waals surface area contributed by atoms with Crippen LogP contribution in [0.2, 0.25) is 0 Å². The molecule has 4 nitrogen and oxygen atoms in total. The van der Waals surface area contributed by atoms with E-state index in [0.29, 0.717) is 11.0 Å². The van der Waals surface area contributed by atoms with Crippen molar-refractivity contribution in [3.63, 3.8) is 0 Å². The summed E-state index contributed by atoms with van der Waals surface area (Å²) in [6.45, 7) is 0.504. The molecule has 0 aliphatic carbocycles. The topological polar surface area (TPSA) is 57.5 Å². The molecular weight excluding hydrogens is 153 g/mol. The monoisotopic (exact) mass is 168 g/mol. The summed E-state index contributed by atoms with van der Waals surface area (Å²) in [4.78, 5) is 17.0. The number of rotatable bonds is 3. The van der Waals surface area contributed by atoms with E-state index in [1.807, 2.05) is 21.1 Å². The lowest BCUT2D eigenvalue weighted by Gasteiger charge is -2.23. The largest absolute Gasteiger partial charge is 0.331 e. The SMILES string of the molecule is C[N+](C)(C)CCP(=O)(O)O. The Bertz CT molecular complexity index is 145. The van der Waals surface area contributed by atoms with Crippen LogP contribution in [-0.4, -0.2) is 48.1 Å². The first kappa shape index (κ1) is 10.1. The van der Waals surface area contributed by atoms with Gasteiger partial charge in [-0.15, -0.1) is 0 Å². The van der Waals surface area contributed by atoms with Crippen LogP contribution < -0.4 is 0 Å². The lowest BCUT2D eigenvalue weighted by molar-refractivity contribution is -0.867. The maximum absolute atomic E-state index is 10.4. The molecule has 2 N–H and O–H groups in total. The summed E-state index contributed by atoms with van der Waals surface area (Å²) < 4.78 is 11.0. The van der Waals surface area contributed by atoms with Crippen molar-refractivity contribution in [2.45, 2.75) is 0 Å². The van der Waals surface area contributed by atoms with Gasteiger partial charge in [-0.2, -0.15) is 0 Å². The van der Waals surface area contributed by atoms with Gasteiger partial charge in [0.15, 0.2) is 0 Å². The van der Waals surface area contributed by atoms with Crippen molar-refractivity contribution in [1.82, 2.24) is 0 Å². The highest BCUT2D eigenvalue weighted by molar-refractivity contribution is 7.51. The van der Waals surface area contributed by atoms with E-state index in [1.54, 1.807) is 0 Å². The predicted octanol–water partition coefficient (Wildman–Crippen LogP) is -0.130. The molecule has 0 unspecified atom stereocenters. The second-order valence-electron chi connectivity index (χ2n) is 3.40. The van der Waals surface area contributed by atoms with Gasteiger partial charge in [0.05, 0.1) is 33.8 Å². The number of hydrogen-bond donors (Lipinski definition) is 2. The Balaban J connectivity index is 3.67. The summed E-state index contributed by atoms with van der Waals surface area (Å²) >= 11 is 0. The maximum Gasteiger partial charge on any atom is 0.331 e. The van der Waals surface area contributed by atoms with Crippen LogP contribution in [0.15, 0.2) is 0 Å². The molecule has 5 heteroatoms. The average Bonchev–Trinajstić information content (AvgIpc) is 1.57. The maximum atomic E-state index is 10.4. The molecule has 62 valence electrons. The Morgan fingerprint density at radius 1 is 1.30 bits per heavy atom. The normalized spacial score (nSPS) is 13.7. The predicted molar refractivity (Wildman–Crippen MR) is 39.8 cm³/mol. The Kier molecular flexibility index (Phi) is 3.04. The van der Waals surface area contributed by atoms with Crippen molar-refractivity contribution in [2.24, 2.45) is 0 Å². The zero-order valence-electron chi connectivity index (χ0n) is 6.61. The van der Waals surface area contributed by atoms with Crippen LogP contribution in [-0.2, 0) is 4.57 Å². The first-order valence-corrected chi connectivity index (χ1v) is 4.85. The quantitative estimate of drug-likeness (QED) is 0.456. The molecule has 0 amide bonds. The van der Waals surface area contributed by atoms with Crippen molar-refractivity contribution in [2.75, 3.05) is 33.8 Å². The van der Waals surface area contributed by atoms with Gasteiger partial charge in [0.1, 0.15) is 0 Å². The van der Waals surface area contributed by atoms with Crippen LogP contribution in [0.4, 0.5) is 0 Å². The molecule has 0 aromatic carbocycles. The molecule has 0 saturated carbocycles. The van der Waals surface area contributed by atoms with E-state index in [2.05, 4.69) is 0 Å². The first-order valence-electron chi connectivity index (χ1n) is 3.06. The molecule has 0 atom stereocenters. The molecule has 10 heavy (non-hydrogen) atoms. The van der Waals surface area contributed by atoms with E-state index in [-0.39, 0.29) is 6.16 Å². The summed E-state index contributed by atoms with van der Waals surface area (Å²) in [5.74, 6) is 0. The van der Waals surface area contributed by atoms with E-state index in [1.165, 1.54) is 0 Å². The Hall–Kier alpha value is 0.110. The second kappa shape index (κ2) is 3.01. The third-order valence-corrected chi connectivity index (χ3v) is 1.84. The molecule has 0 saturated heterocycles. The average molecular weight is 168 g/mol. The zero-order valence-corrected chi connectivity index (χ0v) is 7.51. The fourth-order valence-corrected chi connectivity index (χ4v) is 1.29. The smallest absolute Gasteiger partial charge is 0.330 e. The van der Waals surface area contributed by atoms with Crippen LogP contribution in [0, 0.1) is 0 Å². The van der Waals surface area contributed by atoms with E-state index >= 15 is 0 Å². The van der Waals surface area contributed by atoms with Gasteiger partial charge in [-0.05, 0) is 0 Å². The van der Waals surface area contributed by atoms with E-state index < -0.39 is 7.60 Å². The van der Waals surface area contributed by atoms with Crippen LogP contribution in [0.1, 0.15) is 0 Å². The third kappa shape index (κ3) is 8.11. The highest BCUT2D eigenvalue weighted by Gasteiger charge is 2.18. The number of hydrogen-bond acceptors (Lipinski definition) is 1. The molecular formula is C5H15NO3P+. The molecule has 0 aliphatic rings. The summed E-state index contributed by atoms with van der Waals surface area (Å²) in [5.41, 5.74) is 0. The Labute approximate surface area is 61.2 Å². The minimum Gasteiger partial charge on any atom is -0.330 e. The lowest BCUT2D eigenvalue weighted by atomic mass is 10.6. The molecule has 0 aromatic heterocycles. The molecule has 0 fully saturated rings. The van der Waals surface area contributed by atoms with Crippen LogP contribution in [0.3, 0.4) is 0 Å². The minimum absolute atomic E-state index is 0.0312. The summed E-state index contributed by atoms with van der Waals surface area (Å²) in [5, 5.41) is 0. The number of nitrogens with zero attached hydrogens (tertiary/aromatic N) is 1. The molecule has 0 aromatic rings. The van der Waals surface area contributed by atoms with Gasteiger partial charge in [0.2, 0.25) is 0 Å². The molecule has 0 heterocycles. The lowest BCUT2D eigenvalue weighted by Crippen LogP contribution is -2.36. The van der Waals surface area contributed by atoms with E-state index in [9.17, 15) is 4.57 Å². The highest BCUT2D eigenvalue weighted by atomic mass is 31.2. The summed E-state index contributed by atoms with van der Waals surface area (Å²) in [6, 6.07) is 0. The van der Waals surface area contributed by atoms with Crippen molar-refractivity contribution in [1.29, 1.82) is 0 Å². The molecule has 0 spiro atoms. The van der Waals surface area contributed by atoms with Crippen LogP contribution in [0.25, 0.3) is 0 Å². The van der Waals surface area contributed by atoms with Gasteiger partial charge < -0.3 is 14.3 Å². The second-order valence-corrected chi connectivity index (χ2v) is 5.18. The number of quaternary nitrogens is 1. The van der Waals surface area contributed by atoms with Crippen LogP contribution >= 0.6 is 7.60 Å². The standard InChI is InChI=1S/C5H14NO3P/c1-6(2,3)4-5-10(7,8)9/h4-5H2,1-3H3,(H-,7,8,9)/p+1. The van der Waals surface area contributed by atoms with Gasteiger partial charge in [0.25, 0.3) is 0 Å². The molecule has 0 rings (SSSR count). The highest BCUT2D eigenvalue weighted by Crippen LogP contribution is 2.33. The molecule has 0 radical (unpaired) electrons. The fraction of sp³-hybridized carbons (Fsp3) is 1.00. The third-order valence-electron chi connectivity index (χ3n) is 1.06. The zero-order chi connectivity index (χ0) is 8.41. The summed E-state index contributed by atoms with van der Waals surface area (Å²) in [7, 11) is 1.92. The van der Waals surface area contributed by atoms with Crippen LogP contribution in [0.5, 0.6) is 0 Å². The van der Waals surface area contributed by atoms with Crippen molar-refractivity contribution in [3.05, 3.63) is 0 Å². The van der Waals surface area contributed by atoms with Crippen molar-refractivity contribution < 1.29 is 18.8 Å². The van der Waals surface area contributed by atoms with Gasteiger partial charge in [-0.3, -0.25) is 4.57 Å². The van der Waals surface area contributed by atoms with Gasteiger partial charge in [-0.1, -0.05) is 0 Å². The Morgan fingerprint density at radius 2 is 1.70 bits per heavy atom. The van der Waals surface area contributed by atoms with E-state index in [4.69, 9.17) is 9.79 Å². The van der Waals surface area contributed by atoms with Gasteiger partial charge in [0, 0.05) is 0 Å². The summed E-state index contributed by atoms with van der Waals surface area (Å²) in [6.07, 6.45) is -0.0312. The minimum atomic E-state index is -3.78. The Morgan fingerprint density at radius 3 is 1.80 bits per heavy atom. The van der Waals surface area contributed by atoms with Gasteiger partial charge >= 0.3 is 7.60 Å². The molecule has 0 aliphatic heterocycles. The first-order chi connectivity index (χ1) is 4.21. The fourth-order valence-electron chi connectivity index (χ4n) is 0.430.